The van der Waals surface area contributed by atoms with E-state index in [1.165, 1.54) is 13.0 Å². The van der Waals surface area contributed by atoms with Gasteiger partial charge in [0.2, 0.25) is 0 Å². The minimum absolute atomic E-state index is 0.0238. The molecule has 1 fully saturated rings. The van der Waals surface area contributed by atoms with Crippen molar-refractivity contribution >= 4 is 24.4 Å². The van der Waals surface area contributed by atoms with Crippen molar-refractivity contribution < 1.29 is 32.8 Å². The van der Waals surface area contributed by atoms with Gasteiger partial charge in [0.15, 0.2) is 5.78 Å². The number of ketones is 1. The monoisotopic (exact) mass is 398 g/mol. The van der Waals surface area contributed by atoms with E-state index < -0.39 is 35.8 Å². The van der Waals surface area contributed by atoms with Crippen LogP contribution < -0.4 is 0 Å². The Balaban J connectivity index is 1.99. The number of halogens is 1. The predicted molar refractivity (Wildman–Crippen MR) is 103 cm³/mol. The fourth-order valence-corrected chi connectivity index (χ4v) is 3.65. The Bertz CT molecular complexity index is 1080. The molecule has 150 valence electrons. The average molecular weight is 398 g/mol. The zero-order chi connectivity index (χ0) is 21.3. The second-order valence-corrected chi connectivity index (χ2v) is 8.23. The van der Waals surface area contributed by atoms with Crippen LogP contribution in [-0.4, -0.2) is 35.2 Å². The van der Waals surface area contributed by atoms with E-state index in [0.717, 1.165) is 0 Å². The van der Waals surface area contributed by atoms with Gasteiger partial charge in [-0.1, -0.05) is 24.3 Å². The maximum absolute atomic E-state index is 15.8. The van der Waals surface area contributed by atoms with Gasteiger partial charge in [-0.25, -0.2) is 9.18 Å². The average Bonchev–Trinajstić information content (AvgIpc) is 3.08. The van der Waals surface area contributed by atoms with E-state index in [1.54, 1.807) is 45.9 Å². The number of furan rings is 1. The molecule has 0 radical (unpaired) electrons. The number of carbonyl (C=O) groups is 2. The van der Waals surface area contributed by atoms with Crippen molar-refractivity contribution in [2.75, 3.05) is 0 Å². The third-order valence-corrected chi connectivity index (χ3v) is 5.89. The van der Waals surface area contributed by atoms with Crippen LogP contribution in [0.25, 0.3) is 5.57 Å². The van der Waals surface area contributed by atoms with Crippen molar-refractivity contribution in [2.45, 2.75) is 45.8 Å². The number of carboxylic acid groups (broad SMARTS) is 1. The van der Waals surface area contributed by atoms with Crippen LogP contribution in [-0.2, 0) is 9.31 Å². The molecule has 0 bridgehead atoms. The van der Waals surface area contributed by atoms with Crippen LogP contribution in [0.1, 0.15) is 71.1 Å². The van der Waals surface area contributed by atoms with Crippen LogP contribution in [0.2, 0.25) is 0 Å². The number of hydrogen-bond acceptors (Lipinski definition) is 5. The first kappa shape index (κ1) is 19.6. The summed E-state index contributed by atoms with van der Waals surface area (Å²) in [4.78, 5) is 24.8. The van der Waals surface area contributed by atoms with Gasteiger partial charge in [0.1, 0.15) is 22.8 Å². The third kappa shape index (κ3) is 2.70. The van der Waals surface area contributed by atoms with Gasteiger partial charge in [-0.2, -0.15) is 0 Å². The van der Waals surface area contributed by atoms with Crippen LogP contribution in [0.4, 0.5) is 4.39 Å². The lowest BCUT2D eigenvalue weighted by atomic mass is 9.76. The van der Waals surface area contributed by atoms with Crippen molar-refractivity contribution in [1.29, 1.82) is 0 Å². The second kappa shape index (κ2) is 6.14. The quantitative estimate of drug-likeness (QED) is 0.652. The number of aromatic carboxylic acids is 1. The Morgan fingerprint density at radius 1 is 1.07 bits per heavy atom. The van der Waals surface area contributed by atoms with E-state index in [0.29, 0.717) is 5.56 Å². The van der Waals surface area contributed by atoms with E-state index in [9.17, 15) is 14.7 Å². The van der Waals surface area contributed by atoms with Crippen LogP contribution in [0.15, 0.2) is 34.4 Å². The second-order valence-electron chi connectivity index (χ2n) is 8.23. The van der Waals surface area contributed by atoms with Crippen LogP contribution >= 0.6 is 0 Å². The van der Waals surface area contributed by atoms with Crippen molar-refractivity contribution in [3.05, 3.63) is 63.8 Å². The summed E-state index contributed by atoms with van der Waals surface area (Å²) in [6.45, 7) is 8.63. The summed E-state index contributed by atoms with van der Waals surface area (Å²) in [6.07, 6.45) is 0. The molecule has 2 heterocycles. The van der Waals surface area contributed by atoms with E-state index >= 15 is 4.39 Å². The lowest BCUT2D eigenvalue weighted by Gasteiger charge is -2.32. The molecular weight excluding hydrogens is 378 g/mol. The molecule has 1 aromatic heterocycles. The SMILES string of the molecule is Cc1oc2c(c1C(=O)O)C(=O)c1ccccc1C2=C(F)B1OC(C)(C)C(C)(C)O1. The summed E-state index contributed by atoms with van der Waals surface area (Å²) in [5.74, 6) is -1.91. The van der Waals surface area contributed by atoms with Gasteiger partial charge >= 0.3 is 13.1 Å². The highest BCUT2D eigenvalue weighted by Gasteiger charge is 2.54. The molecule has 6 nitrogen and oxygen atoms in total. The Morgan fingerprint density at radius 3 is 2.17 bits per heavy atom. The molecule has 1 aliphatic carbocycles. The Kier molecular flexibility index (Phi) is 4.15. The molecule has 2 aromatic rings. The van der Waals surface area contributed by atoms with Gasteiger partial charge in [-0.15, -0.1) is 0 Å². The molecular formula is C21H20BFO6. The summed E-state index contributed by atoms with van der Waals surface area (Å²) < 4.78 is 33.1. The fraction of sp³-hybridized carbons (Fsp3) is 0.333. The third-order valence-electron chi connectivity index (χ3n) is 5.89. The lowest BCUT2D eigenvalue weighted by molar-refractivity contribution is 0.00578. The van der Waals surface area contributed by atoms with Gasteiger partial charge in [0.05, 0.1) is 22.3 Å². The molecule has 1 aliphatic heterocycles. The maximum Gasteiger partial charge on any atom is 0.526 e. The standard InChI is InChI=1S/C21H20BFO6/c1-10-13(19(25)26)15-16(24)12-9-7-6-8-11(12)14(17(15)27-10)18(23)22-28-20(2,3)21(4,5)29-22/h6-9H,1-5H3,(H,25,26). The van der Waals surface area contributed by atoms with Gasteiger partial charge in [0.25, 0.3) is 0 Å². The highest BCUT2D eigenvalue weighted by molar-refractivity contribution is 6.55. The van der Waals surface area contributed by atoms with E-state index in [1.807, 2.05) is 0 Å². The van der Waals surface area contributed by atoms with Gasteiger partial charge in [-0.3, -0.25) is 4.79 Å². The number of carbonyl (C=O) groups excluding carboxylic acids is 1. The highest BCUT2D eigenvalue weighted by atomic mass is 19.1. The molecule has 2 aliphatic rings. The van der Waals surface area contributed by atoms with Crippen molar-refractivity contribution in [3.63, 3.8) is 0 Å². The van der Waals surface area contributed by atoms with E-state index in [4.69, 9.17) is 13.7 Å². The van der Waals surface area contributed by atoms with E-state index in [2.05, 4.69) is 0 Å². The summed E-state index contributed by atoms with van der Waals surface area (Å²) in [6, 6.07) is 6.43. The largest absolute Gasteiger partial charge is 0.526 e. The number of aryl methyl sites for hydroxylation is 1. The normalized spacial score (nSPS) is 21.0. The van der Waals surface area contributed by atoms with E-state index in [-0.39, 0.29) is 33.8 Å². The molecule has 8 heteroatoms. The highest BCUT2D eigenvalue weighted by Crippen LogP contribution is 2.45. The molecule has 0 saturated carbocycles. The smallest absolute Gasteiger partial charge is 0.478 e. The van der Waals surface area contributed by atoms with Crippen LogP contribution in [0.5, 0.6) is 0 Å². The summed E-state index contributed by atoms with van der Waals surface area (Å²) in [5, 5.41) is 9.58. The van der Waals surface area contributed by atoms with Gasteiger partial charge in [-0.05, 0) is 40.2 Å². The fourth-order valence-electron chi connectivity index (χ4n) is 3.65. The van der Waals surface area contributed by atoms with Gasteiger partial charge in [0, 0.05) is 5.56 Å². The first-order chi connectivity index (χ1) is 13.5. The first-order valence-corrected chi connectivity index (χ1v) is 9.22. The number of hydrogen-bond donors (Lipinski definition) is 1. The minimum atomic E-state index is -1.32. The summed E-state index contributed by atoms with van der Waals surface area (Å²) >= 11 is 0. The topological polar surface area (TPSA) is 86.0 Å². The molecule has 0 amide bonds. The maximum atomic E-state index is 15.8. The van der Waals surface area contributed by atoms with Gasteiger partial charge < -0.3 is 18.8 Å². The number of fused-ring (bicyclic) bond motifs is 2. The minimum Gasteiger partial charge on any atom is -0.478 e. The number of carboxylic acids is 1. The molecule has 4 rings (SSSR count). The Labute approximate surface area is 167 Å². The lowest BCUT2D eigenvalue weighted by Crippen LogP contribution is -2.41. The predicted octanol–water partition coefficient (Wildman–Crippen LogP) is 4.19. The Hall–Kier alpha value is -2.71. The molecule has 1 saturated heterocycles. The molecule has 0 spiro atoms. The van der Waals surface area contributed by atoms with Crippen LogP contribution in [0.3, 0.4) is 0 Å². The molecule has 1 N–H and O–H groups in total. The van der Waals surface area contributed by atoms with Crippen molar-refractivity contribution in [3.8, 4) is 0 Å². The first-order valence-electron chi connectivity index (χ1n) is 9.22. The Morgan fingerprint density at radius 2 is 1.62 bits per heavy atom. The van der Waals surface area contributed by atoms with Crippen LogP contribution in [0, 0.1) is 6.92 Å². The molecule has 0 unspecified atom stereocenters. The number of benzene rings is 1. The van der Waals surface area contributed by atoms with Crippen molar-refractivity contribution in [2.24, 2.45) is 0 Å². The zero-order valence-electron chi connectivity index (χ0n) is 16.8. The molecule has 0 atom stereocenters. The number of rotatable bonds is 2. The molecule has 1 aromatic carbocycles. The summed E-state index contributed by atoms with van der Waals surface area (Å²) in [7, 11) is -1.32. The zero-order valence-corrected chi connectivity index (χ0v) is 16.8. The molecule has 29 heavy (non-hydrogen) atoms. The summed E-state index contributed by atoms with van der Waals surface area (Å²) in [5.41, 5.74) is -2.25. The van der Waals surface area contributed by atoms with Crippen molar-refractivity contribution in [1.82, 2.24) is 0 Å².